The van der Waals surface area contributed by atoms with Gasteiger partial charge in [-0.3, -0.25) is 4.79 Å². The van der Waals surface area contributed by atoms with Gasteiger partial charge >= 0.3 is 6.09 Å². The third kappa shape index (κ3) is 4.67. The van der Waals surface area contributed by atoms with Gasteiger partial charge in [-0.15, -0.1) is 0 Å². The third-order valence-electron chi connectivity index (χ3n) is 3.02. The average Bonchev–Trinajstić information content (AvgIpc) is 2.27. The normalized spacial score (nSPS) is 20.7. The minimum absolute atomic E-state index is 0.00576. The van der Waals surface area contributed by atoms with E-state index in [0.29, 0.717) is 19.5 Å². The molecule has 1 saturated heterocycles. The van der Waals surface area contributed by atoms with E-state index in [9.17, 15) is 9.59 Å². The second-order valence-corrected chi connectivity index (χ2v) is 5.98. The van der Waals surface area contributed by atoms with Gasteiger partial charge in [-0.2, -0.15) is 0 Å². The summed E-state index contributed by atoms with van der Waals surface area (Å²) in [5.41, 5.74) is -0.475. The molecular formula is C14H25NO3. The van der Waals surface area contributed by atoms with Crippen LogP contribution in [0.1, 0.15) is 53.4 Å². The third-order valence-corrected chi connectivity index (χ3v) is 3.02. The Morgan fingerprint density at radius 3 is 2.56 bits per heavy atom. The maximum Gasteiger partial charge on any atom is 0.410 e. The lowest BCUT2D eigenvalue weighted by Crippen LogP contribution is -2.44. The van der Waals surface area contributed by atoms with Crippen molar-refractivity contribution in [2.45, 2.75) is 59.0 Å². The number of ether oxygens (including phenoxy) is 1. The van der Waals surface area contributed by atoms with Crippen molar-refractivity contribution >= 4 is 11.9 Å². The molecule has 0 unspecified atom stereocenters. The van der Waals surface area contributed by atoms with Gasteiger partial charge in [0.2, 0.25) is 0 Å². The zero-order chi connectivity index (χ0) is 13.8. The zero-order valence-electron chi connectivity index (χ0n) is 12.0. The van der Waals surface area contributed by atoms with Crippen LogP contribution in [0.5, 0.6) is 0 Å². The van der Waals surface area contributed by atoms with Crippen molar-refractivity contribution < 1.29 is 14.3 Å². The Labute approximate surface area is 110 Å². The fourth-order valence-electron chi connectivity index (χ4n) is 2.18. The maximum absolute atomic E-state index is 11.9. The number of carbonyl (C=O) groups excluding carboxylic acids is 2. The highest BCUT2D eigenvalue weighted by molar-refractivity contribution is 5.82. The number of piperidine rings is 1. The van der Waals surface area contributed by atoms with Crippen LogP contribution in [-0.4, -0.2) is 35.5 Å². The Kier molecular flexibility index (Phi) is 5.17. The number of hydrogen-bond acceptors (Lipinski definition) is 3. The highest BCUT2D eigenvalue weighted by Gasteiger charge is 2.30. The van der Waals surface area contributed by atoms with Crippen LogP contribution in [0.2, 0.25) is 0 Å². The molecule has 0 aliphatic carbocycles. The van der Waals surface area contributed by atoms with Crippen molar-refractivity contribution in [3.05, 3.63) is 0 Å². The summed E-state index contributed by atoms with van der Waals surface area (Å²) in [6, 6.07) is 0. The molecule has 0 aromatic rings. The molecule has 1 aliphatic heterocycles. The van der Waals surface area contributed by atoms with Crippen LogP contribution >= 0.6 is 0 Å². The molecular weight excluding hydrogens is 230 g/mol. The van der Waals surface area contributed by atoms with E-state index in [1.54, 1.807) is 4.90 Å². The summed E-state index contributed by atoms with van der Waals surface area (Å²) in [5, 5.41) is 0. The van der Waals surface area contributed by atoms with Crippen molar-refractivity contribution in [3.8, 4) is 0 Å². The summed E-state index contributed by atoms with van der Waals surface area (Å²) in [6.45, 7) is 8.79. The van der Waals surface area contributed by atoms with Gasteiger partial charge in [-0.1, -0.05) is 6.92 Å². The van der Waals surface area contributed by atoms with Crippen molar-refractivity contribution in [3.63, 3.8) is 0 Å². The quantitative estimate of drug-likeness (QED) is 0.778. The van der Waals surface area contributed by atoms with Crippen LogP contribution < -0.4 is 0 Å². The van der Waals surface area contributed by atoms with Crippen LogP contribution in [0.25, 0.3) is 0 Å². The molecule has 104 valence electrons. The number of carbonyl (C=O) groups is 2. The molecule has 0 spiro atoms. The Morgan fingerprint density at radius 1 is 1.33 bits per heavy atom. The van der Waals surface area contributed by atoms with Gasteiger partial charge in [-0.05, 0) is 40.0 Å². The predicted octanol–water partition coefficient (Wildman–Crippen LogP) is 3.00. The van der Waals surface area contributed by atoms with E-state index in [2.05, 4.69) is 0 Å². The Morgan fingerprint density at radius 2 is 2.00 bits per heavy atom. The summed E-state index contributed by atoms with van der Waals surface area (Å²) in [5.74, 6) is 0.289. The van der Waals surface area contributed by atoms with Crippen molar-refractivity contribution in [2.24, 2.45) is 5.92 Å². The smallest absolute Gasteiger partial charge is 0.410 e. The summed E-state index contributed by atoms with van der Waals surface area (Å²) in [7, 11) is 0. The first-order chi connectivity index (χ1) is 8.33. The summed E-state index contributed by atoms with van der Waals surface area (Å²) in [4.78, 5) is 25.5. The minimum atomic E-state index is -0.475. The number of ketones is 1. The standard InChI is InChI=1S/C14H25NO3/c1-5-7-12(16)11-8-6-9-15(10-11)13(17)18-14(2,3)4/h11H,5-10H2,1-4H3/t11-/m1/s1. The number of amides is 1. The Hall–Kier alpha value is -1.06. The molecule has 0 radical (unpaired) electrons. The maximum atomic E-state index is 11.9. The SMILES string of the molecule is CCCC(=O)[C@@H]1CCCN(C(=O)OC(C)(C)C)C1. The van der Waals surface area contributed by atoms with E-state index < -0.39 is 5.60 Å². The van der Waals surface area contributed by atoms with Gasteiger partial charge in [0.1, 0.15) is 11.4 Å². The second kappa shape index (κ2) is 6.21. The zero-order valence-corrected chi connectivity index (χ0v) is 12.0. The lowest BCUT2D eigenvalue weighted by atomic mass is 9.92. The number of Topliss-reactive ketones (excluding diaryl/α,β-unsaturated/α-hetero) is 1. The van der Waals surface area contributed by atoms with E-state index in [0.717, 1.165) is 19.3 Å². The van der Waals surface area contributed by atoms with Crippen LogP contribution in [-0.2, 0) is 9.53 Å². The van der Waals surface area contributed by atoms with Crippen LogP contribution in [0, 0.1) is 5.92 Å². The second-order valence-electron chi connectivity index (χ2n) is 5.98. The Bertz CT molecular complexity index is 307. The van der Waals surface area contributed by atoms with Gasteiger partial charge in [0, 0.05) is 25.4 Å². The van der Waals surface area contributed by atoms with E-state index in [-0.39, 0.29) is 17.8 Å². The van der Waals surface area contributed by atoms with E-state index in [1.165, 1.54) is 0 Å². The molecule has 1 heterocycles. The van der Waals surface area contributed by atoms with Gasteiger partial charge in [-0.25, -0.2) is 4.79 Å². The first-order valence-electron chi connectivity index (χ1n) is 6.84. The van der Waals surface area contributed by atoms with Gasteiger partial charge < -0.3 is 9.64 Å². The Balaban J connectivity index is 2.53. The molecule has 0 aromatic heterocycles. The van der Waals surface area contributed by atoms with E-state index in [4.69, 9.17) is 4.74 Å². The topological polar surface area (TPSA) is 46.6 Å². The first-order valence-corrected chi connectivity index (χ1v) is 6.84. The molecule has 1 amide bonds. The first kappa shape index (κ1) is 15.0. The van der Waals surface area contributed by atoms with E-state index >= 15 is 0 Å². The van der Waals surface area contributed by atoms with E-state index in [1.807, 2.05) is 27.7 Å². The fraction of sp³-hybridized carbons (Fsp3) is 0.857. The van der Waals surface area contributed by atoms with Gasteiger partial charge in [0.25, 0.3) is 0 Å². The number of rotatable bonds is 3. The molecule has 1 fully saturated rings. The number of hydrogen-bond donors (Lipinski definition) is 0. The monoisotopic (exact) mass is 255 g/mol. The molecule has 1 atom stereocenters. The molecule has 4 heteroatoms. The van der Waals surface area contributed by atoms with Crippen LogP contribution in [0.4, 0.5) is 4.79 Å². The van der Waals surface area contributed by atoms with Gasteiger partial charge in [0.15, 0.2) is 0 Å². The van der Waals surface area contributed by atoms with Crippen molar-refractivity contribution in [1.29, 1.82) is 0 Å². The molecule has 0 bridgehead atoms. The number of likely N-dealkylation sites (tertiary alicyclic amines) is 1. The predicted molar refractivity (Wildman–Crippen MR) is 70.4 cm³/mol. The highest BCUT2D eigenvalue weighted by atomic mass is 16.6. The molecule has 0 N–H and O–H groups in total. The fourth-order valence-corrected chi connectivity index (χ4v) is 2.18. The molecule has 1 aliphatic rings. The average molecular weight is 255 g/mol. The lowest BCUT2D eigenvalue weighted by molar-refractivity contribution is -0.124. The summed E-state index contributed by atoms with van der Waals surface area (Å²) in [6.07, 6.45) is 2.99. The summed E-state index contributed by atoms with van der Waals surface area (Å²) < 4.78 is 5.34. The minimum Gasteiger partial charge on any atom is -0.444 e. The molecule has 4 nitrogen and oxygen atoms in total. The molecule has 0 aromatic carbocycles. The lowest BCUT2D eigenvalue weighted by Gasteiger charge is -2.33. The highest BCUT2D eigenvalue weighted by Crippen LogP contribution is 2.21. The number of nitrogens with zero attached hydrogens (tertiary/aromatic N) is 1. The summed E-state index contributed by atoms with van der Waals surface area (Å²) >= 11 is 0. The van der Waals surface area contributed by atoms with Crippen LogP contribution in [0.3, 0.4) is 0 Å². The molecule has 18 heavy (non-hydrogen) atoms. The van der Waals surface area contributed by atoms with Crippen molar-refractivity contribution in [1.82, 2.24) is 4.90 Å². The largest absolute Gasteiger partial charge is 0.444 e. The van der Waals surface area contributed by atoms with Crippen LogP contribution in [0.15, 0.2) is 0 Å². The molecule has 0 saturated carbocycles. The molecule has 1 rings (SSSR count). The van der Waals surface area contributed by atoms with Crippen molar-refractivity contribution in [2.75, 3.05) is 13.1 Å². The van der Waals surface area contributed by atoms with Gasteiger partial charge in [0.05, 0.1) is 0 Å².